The highest BCUT2D eigenvalue weighted by Crippen LogP contribution is 2.45. The molecule has 1 aliphatic rings. The highest BCUT2D eigenvalue weighted by molar-refractivity contribution is 9.10. The van der Waals surface area contributed by atoms with Crippen LogP contribution in [0.2, 0.25) is 0 Å². The number of hydrogen-bond donors (Lipinski definition) is 1. The van der Waals surface area contributed by atoms with Gasteiger partial charge in [0, 0.05) is 16.1 Å². The normalized spacial score (nSPS) is 25.6. The molecule has 2 rings (SSSR count). The Labute approximate surface area is 125 Å². The van der Waals surface area contributed by atoms with E-state index in [4.69, 9.17) is 0 Å². The van der Waals surface area contributed by atoms with Gasteiger partial charge < -0.3 is 5.11 Å². The number of carbonyl (C=O) groups is 1. The Bertz CT molecular complexity index is 560. The molecule has 0 aliphatic heterocycles. The van der Waals surface area contributed by atoms with Crippen molar-refractivity contribution >= 4 is 27.6 Å². The standard InChI is InChI=1S/C14H16BrNO4/c1-9-4-5-14(7-9,13(17)18)8-10-2-3-11(15)6-12(10)16(19)20/h2-3,6,9H,4-5,7-8H2,1H3,(H,17,18). The topological polar surface area (TPSA) is 80.4 Å². The first-order valence-electron chi connectivity index (χ1n) is 6.50. The molecule has 108 valence electrons. The molecule has 0 spiro atoms. The van der Waals surface area contributed by atoms with Gasteiger partial charge in [-0.25, -0.2) is 0 Å². The lowest BCUT2D eigenvalue weighted by molar-refractivity contribution is -0.385. The fourth-order valence-electron chi connectivity index (χ4n) is 3.05. The summed E-state index contributed by atoms with van der Waals surface area (Å²) >= 11 is 3.21. The van der Waals surface area contributed by atoms with Gasteiger partial charge >= 0.3 is 5.97 Å². The molecule has 1 saturated carbocycles. The second-order valence-corrected chi connectivity index (χ2v) is 6.56. The summed E-state index contributed by atoms with van der Waals surface area (Å²) in [6.45, 7) is 2.03. The van der Waals surface area contributed by atoms with Crippen LogP contribution in [0.4, 0.5) is 5.69 Å². The number of hydrogen-bond acceptors (Lipinski definition) is 3. The van der Waals surface area contributed by atoms with E-state index in [1.54, 1.807) is 12.1 Å². The Morgan fingerprint density at radius 2 is 2.30 bits per heavy atom. The zero-order valence-electron chi connectivity index (χ0n) is 11.1. The van der Waals surface area contributed by atoms with Gasteiger partial charge in [-0.3, -0.25) is 14.9 Å². The van der Waals surface area contributed by atoms with E-state index in [2.05, 4.69) is 15.9 Å². The second-order valence-electron chi connectivity index (χ2n) is 5.64. The molecule has 0 radical (unpaired) electrons. The lowest BCUT2D eigenvalue weighted by Crippen LogP contribution is -2.31. The lowest BCUT2D eigenvalue weighted by atomic mass is 9.79. The molecule has 2 atom stereocenters. The smallest absolute Gasteiger partial charge is 0.309 e. The molecule has 20 heavy (non-hydrogen) atoms. The van der Waals surface area contributed by atoms with E-state index in [1.807, 2.05) is 6.92 Å². The number of halogens is 1. The van der Waals surface area contributed by atoms with Crippen LogP contribution in [0.25, 0.3) is 0 Å². The summed E-state index contributed by atoms with van der Waals surface area (Å²) < 4.78 is 0.622. The van der Waals surface area contributed by atoms with E-state index < -0.39 is 16.3 Å². The summed E-state index contributed by atoms with van der Waals surface area (Å²) in [5.41, 5.74) is -0.382. The molecule has 0 heterocycles. The van der Waals surface area contributed by atoms with Gasteiger partial charge in [-0.1, -0.05) is 28.9 Å². The molecule has 1 aromatic rings. The minimum absolute atomic E-state index is 0.0143. The van der Waals surface area contributed by atoms with Gasteiger partial charge in [0.15, 0.2) is 0 Å². The quantitative estimate of drug-likeness (QED) is 0.667. The van der Waals surface area contributed by atoms with Crippen molar-refractivity contribution < 1.29 is 14.8 Å². The third kappa shape index (κ3) is 2.85. The van der Waals surface area contributed by atoms with Crippen molar-refractivity contribution in [2.24, 2.45) is 11.3 Å². The Morgan fingerprint density at radius 1 is 1.60 bits per heavy atom. The van der Waals surface area contributed by atoms with Crippen LogP contribution in [-0.2, 0) is 11.2 Å². The summed E-state index contributed by atoms with van der Waals surface area (Å²) in [5.74, 6) is -0.500. The third-order valence-electron chi connectivity index (χ3n) is 4.08. The molecular weight excluding hydrogens is 326 g/mol. The number of benzene rings is 1. The predicted molar refractivity (Wildman–Crippen MR) is 77.6 cm³/mol. The molecule has 0 aromatic heterocycles. The van der Waals surface area contributed by atoms with Gasteiger partial charge in [-0.2, -0.15) is 0 Å². The molecule has 6 heteroatoms. The highest BCUT2D eigenvalue weighted by atomic mass is 79.9. The van der Waals surface area contributed by atoms with Gasteiger partial charge in [0.05, 0.1) is 10.3 Å². The number of nitro groups is 1. The van der Waals surface area contributed by atoms with E-state index in [1.165, 1.54) is 6.07 Å². The molecule has 1 aromatic carbocycles. The molecule has 5 nitrogen and oxygen atoms in total. The Morgan fingerprint density at radius 3 is 2.80 bits per heavy atom. The van der Waals surface area contributed by atoms with E-state index in [9.17, 15) is 20.0 Å². The van der Waals surface area contributed by atoms with E-state index in [0.717, 1.165) is 6.42 Å². The summed E-state index contributed by atoms with van der Waals surface area (Å²) in [6.07, 6.45) is 2.24. The lowest BCUT2D eigenvalue weighted by Gasteiger charge is -2.24. The zero-order chi connectivity index (χ0) is 14.9. The average molecular weight is 342 g/mol. The van der Waals surface area contributed by atoms with E-state index in [0.29, 0.717) is 28.8 Å². The first kappa shape index (κ1) is 15.0. The van der Waals surface area contributed by atoms with Crippen molar-refractivity contribution in [1.29, 1.82) is 0 Å². The van der Waals surface area contributed by atoms with Crippen molar-refractivity contribution in [2.75, 3.05) is 0 Å². The summed E-state index contributed by atoms with van der Waals surface area (Å²) in [6, 6.07) is 4.80. The molecule has 1 N–H and O–H groups in total. The molecular formula is C14H16BrNO4. The molecule has 0 amide bonds. The molecule has 1 fully saturated rings. The third-order valence-corrected chi connectivity index (χ3v) is 4.57. The SMILES string of the molecule is CC1CCC(Cc2ccc(Br)cc2[N+](=O)[O-])(C(=O)O)C1. The van der Waals surface area contributed by atoms with Crippen molar-refractivity contribution in [2.45, 2.75) is 32.6 Å². The minimum atomic E-state index is -0.863. The van der Waals surface area contributed by atoms with Crippen molar-refractivity contribution in [3.63, 3.8) is 0 Å². The number of carboxylic acid groups (broad SMARTS) is 1. The first-order valence-corrected chi connectivity index (χ1v) is 7.29. The van der Waals surface area contributed by atoms with E-state index >= 15 is 0 Å². The summed E-state index contributed by atoms with van der Waals surface area (Å²) in [5, 5.41) is 20.7. The van der Waals surface area contributed by atoms with Crippen LogP contribution >= 0.6 is 15.9 Å². The minimum Gasteiger partial charge on any atom is -0.481 e. The summed E-state index contributed by atoms with van der Waals surface area (Å²) in [7, 11) is 0. The van der Waals surface area contributed by atoms with Crippen molar-refractivity contribution in [3.8, 4) is 0 Å². The Hall–Kier alpha value is -1.43. The van der Waals surface area contributed by atoms with Crippen LogP contribution in [0.3, 0.4) is 0 Å². The van der Waals surface area contributed by atoms with Gasteiger partial charge in [0.25, 0.3) is 5.69 Å². The number of rotatable bonds is 4. The maximum atomic E-state index is 11.6. The van der Waals surface area contributed by atoms with Crippen LogP contribution in [0, 0.1) is 21.4 Å². The maximum absolute atomic E-state index is 11.6. The molecule has 0 saturated heterocycles. The zero-order valence-corrected chi connectivity index (χ0v) is 12.7. The van der Waals surface area contributed by atoms with Gasteiger partial charge in [-0.15, -0.1) is 0 Å². The fraction of sp³-hybridized carbons (Fsp3) is 0.500. The highest BCUT2D eigenvalue weighted by Gasteiger charge is 2.45. The number of nitro benzene ring substituents is 1. The molecule has 0 bridgehead atoms. The van der Waals surface area contributed by atoms with Gasteiger partial charge in [-0.05, 0) is 37.7 Å². The Kier molecular flexibility index (Phi) is 4.13. The first-order chi connectivity index (χ1) is 9.34. The maximum Gasteiger partial charge on any atom is 0.309 e. The van der Waals surface area contributed by atoms with Crippen molar-refractivity contribution in [1.82, 2.24) is 0 Å². The monoisotopic (exact) mass is 341 g/mol. The average Bonchev–Trinajstić information content (AvgIpc) is 2.74. The predicted octanol–water partition coefficient (Wildman–Crippen LogP) is 3.79. The molecule has 1 aliphatic carbocycles. The van der Waals surface area contributed by atoms with Crippen molar-refractivity contribution in [3.05, 3.63) is 38.3 Å². The van der Waals surface area contributed by atoms with Crippen LogP contribution in [-0.4, -0.2) is 16.0 Å². The van der Waals surface area contributed by atoms with Crippen LogP contribution in [0.15, 0.2) is 22.7 Å². The number of nitrogens with zero attached hydrogens (tertiary/aromatic N) is 1. The Balaban J connectivity index is 2.37. The van der Waals surface area contributed by atoms with Gasteiger partial charge in [0.1, 0.15) is 0 Å². The van der Waals surface area contributed by atoms with Crippen LogP contribution in [0.5, 0.6) is 0 Å². The second kappa shape index (κ2) is 5.52. The number of aliphatic carboxylic acids is 1. The van der Waals surface area contributed by atoms with Gasteiger partial charge in [0.2, 0.25) is 0 Å². The summed E-state index contributed by atoms with van der Waals surface area (Å²) in [4.78, 5) is 22.3. The van der Waals surface area contributed by atoms with E-state index in [-0.39, 0.29) is 12.1 Å². The fourth-order valence-corrected chi connectivity index (χ4v) is 3.39. The molecule has 2 unspecified atom stereocenters. The largest absolute Gasteiger partial charge is 0.481 e. The number of carboxylic acids is 1. The van der Waals surface area contributed by atoms with Crippen LogP contribution in [0.1, 0.15) is 31.7 Å². The van der Waals surface area contributed by atoms with Crippen LogP contribution < -0.4 is 0 Å².